The van der Waals surface area contributed by atoms with Gasteiger partial charge in [0.15, 0.2) is 5.82 Å². The van der Waals surface area contributed by atoms with Crippen molar-refractivity contribution in [3.63, 3.8) is 0 Å². The van der Waals surface area contributed by atoms with E-state index in [1.165, 1.54) is 76.4 Å². The van der Waals surface area contributed by atoms with Crippen LogP contribution >= 0.6 is 0 Å². The smallest absolute Gasteiger partial charge is 0.165 e. The fraction of sp³-hybridized carbons (Fsp3) is 0. The Hall–Kier alpha value is -7.56. The highest BCUT2D eigenvalue weighted by Crippen LogP contribution is 2.47. The minimum absolute atomic E-state index is 0.864. The van der Waals surface area contributed by atoms with E-state index >= 15 is 0 Å². The molecule has 0 unspecified atom stereocenters. The van der Waals surface area contributed by atoms with Gasteiger partial charge >= 0.3 is 0 Å². The van der Waals surface area contributed by atoms with E-state index < -0.39 is 0 Å². The summed E-state index contributed by atoms with van der Waals surface area (Å²) in [5.74, 6) is 0.864. The molecule has 4 nitrogen and oxygen atoms in total. The molecule has 0 radical (unpaired) electrons. The molecular weight excluding hydrogens is 681 g/mol. The van der Waals surface area contributed by atoms with Gasteiger partial charge in [0.05, 0.1) is 33.1 Å². The first-order valence-corrected chi connectivity index (χ1v) is 19.2. The normalized spacial score (nSPS) is 12.3. The number of hydrogen-bond donors (Lipinski definition) is 0. The van der Waals surface area contributed by atoms with Crippen LogP contribution in [0.2, 0.25) is 0 Å². The Bertz CT molecular complexity index is 3650. The Morgan fingerprint density at radius 2 is 1.02 bits per heavy atom. The summed E-state index contributed by atoms with van der Waals surface area (Å²) < 4.78 is 4.81. The molecule has 3 aromatic heterocycles. The predicted molar refractivity (Wildman–Crippen MR) is 233 cm³/mol. The summed E-state index contributed by atoms with van der Waals surface area (Å²) in [5, 5.41) is 9.94. The molecule has 0 N–H and O–H groups in total. The lowest BCUT2D eigenvalue weighted by atomic mass is 9.94. The van der Waals surface area contributed by atoms with E-state index in [0.717, 1.165) is 44.8 Å². The van der Waals surface area contributed by atoms with Gasteiger partial charge in [0.25, 0.3) is 0 Å². The molecule has 0 saturated carbocycles. The molecule has 13 rings (SSSR count). The number of para-hydroxylation sites is 4. The summed E-state index contributed by atoms with van der Waals surface area (Å²) in [5.41, 5.74) is 14.4. The van der Waals surface area contributed by atoms with E-state index in [-0.39, 0.29) is 0 Å². The van der Waals surface area contributed by atoms with Gasteiger partial charge in [0, 0.05) is 43.7 Å². The Morgan fingerprint density at radius 1 is 0.357 bits per heavy atom. The summed E-state index contributed by atoms with van der Waals surface area (Å²) in [6, 6.07) is 66.0. The maximum Gasteiger partial charge on any atom is 0.165 e. The summed E-state index contributed by atoms with van der Waals surface area (Å²) in [6.07, 6.45) is 0. The molecule has 0 fully saturated rings. The molecule has 0 bridgehead atoms. The Kier molecular flexibility index (Phi) is 5.86. The van der Waals surface area contributed by atoms with E-state index in [4.69, 9.17) is 9.97 Å². The first-order chi connectivity index (χ1) is 27.8. The van der Waals surface area contributed by atoms with Crippen LogP contribution in [-0.4, -0.2) is 19.1 Å². The van der Waals surface area contributed by atoms with Crippen LogP contribution in [0.15, 0.2) is 182 Å². The molecule has 12 aromatic rings. The van der Waals surface area contributed by atoms with Crippen LogP contribution in [0.25, 0.3) is 121 Å². The van der Waals surface area contributed by atoms with Gasteiger partial charge in [-0.15, -0.1) is 0 Å². The molecule has 9 aromatic carbocycles. The lowest BCUT2D eigenvalue weighted by Gasteiger charge is -2.13. The van der Waals surface area contributed by atoms with Crippen LogP contribution in [-0.2, 0) is 0 Å². The van der Waals surface area contributed by atoms with Crippen molar-refractivity contribution in [2.75, 3.05) is 0 Å². The second kappa shape index (κ2) is 11.0. The quantitative estimate of drug-likeness (QED) is 0.179. The van der Waals surface area contributed by atoms with Crippen LogP contribution < -0.4 is 0 Å². The zero-order chi connectivity index (χ0) is 36.5. The number of rotatable bonds is 2. The van der Waals surface area contributed by atoms with Gasteiger partial charge in [-0.05, 0) is 75.3 Å². The minimum atomic E-state index is 0.864. The minimum Gasteiger partial charge on any atom is -0.309 e. The van der Waals surface area contributed by atoms with Crippen molar-refractivity contribution in [2.24, 2.45) is 0 Å². The summed E-state index contributed by atoms with van der Waals surface area (Å²) in [4.78, 5) is 10.6. The zero-order valence-corrected chi connectivity index (χ0v) is 30.1. The highest BCUT2D eigenvalue weighted by Gasteiger charge is 2.27. The lowest BCUT2D eigenvalue weighted by Crippen LogP contribution is -2.02. The van der Waals surface area contributed by atoms with E-state index in [1.54, 1.807) is 0 Å². The number of aromatic nitrogens is 4. The number of nitrogens with zero attached hydrogens (tertiary/aromatic N) is 4. The molecule has 0 spiro atoms. The first kappa shape index (κ1) is 29.8. The van der Waals surface area contributed by atoms with Crippen molar-refractivity contribution in [3.05, 3.63) is 182 Å². The largest absolute Gasteiger partial charge is 0.309 e. The van der Waals surface area contributed by atoms with Crippen LogP contribution in [0, 0.1) is 0 Å². The van der Waals surface area contributed by atoms with Gasteiger partial charge in [-0.1, -0.05) is 140 Å². The second-order valence-corrected chi connectivity index (χ2v) is 14.9. The molecule has 0 amide bonds. The summed E-state index contributed by atoms with van der Waals surface area (Å²) in [6.45, 7) is 0. The maximum absolute atomic E-state index is 5.34. The fourth-order valence-electron chi connectivity index (χ4n) is 9.66. The van der Waals surface area contributed by atoms with Gasteiger partial charge in [-0.3, -0.25) is 4.57 Å². The molecule has 4 heteroatoms. The molecule has 0 atom stereocenters. The van der Waals surface area contributed by atoms with Crippen molar-refractivity contribution < 1.29 is 0 Å². The fourth-order valence-corrected chi connectivity index (χ4v) is 9.66. The molecular formula is C52H30N4. The van der Waals surface area contributed by atoms with Crippen molar-refractivity contribution in [1.82, 2.24) is 19.1 Å². The Labute approximate surface area is 321 Å². The Balaban J connectivity index is 1.11. The number of hydrogen-bond acceptors (Lipinski definition) is 2. The van der Waals surface area contributed by atoms with Crippen LogP contribution in [0.3, 0.4) is 0 Å². The average molecular weight is 711 g/mol. The van der Waals surface area contributed by atoms with Crippen LogP contribution in [0.4, 0.5) is 0 Å². The zero-order valence-electron chi connectivity index (χ0n) is 30.1. The molecule has 1 aliphatic heterocycles. The lowest BCUT2D eigenvalue weighted by molar-refractivity contribution is 1.09. The van der Waals surface area contributed by atoms with E-state index in [2.05, 4.69) is 179 Å². The molecule has 56 heavy (non-hydrogen) atoms. The third-order valence-electron chi connectivity index (χ3n) is 12.0. The highest BCUT2D eigenvalue weighted by molar-refractivity contribution is 6.27. The highest BCUT2D eigenvalue weighted by atomic mass is 15.1. The SMILES string of the molecule is c1ccc(-n2c3ccc4ccccc4c3c3ccc4c(-c5ccc6c(c5)c5cccc7c5n6-c5nc6ccccc6nc5-c5ccccc5-7)cccc4c32)cc1. The second-order valence-electron chi connectivity index (χ2n) is 14.9. The Morgan fingerprint density at radius 3 is 1.89 bits per heavy atom. The monoisotopic (exact) mass is 710 g/mol. The number of benzene rings is 9. The molecule has 258 valence electrons. The topological polar surface area (TPSA) is 35.6 Å². The van der Waals surface area contributed by atoms with E-state index in [1.807, 2.05) is 12.1 Å². The van der Waals surface area contributed by atoms with Crippen LogP contribution in [0.5, 0.6) is 0 Å². The van der Waals surface area contributed by atoms with Gasteiger partial charge in [0.2, 0.25) is 0 Å². The standard InChI is InChI=1S/C52H30N4/c1-2-13-33(14-3-1)55-47-29-24-31-12-4-5-15-35(31)48(47)42-27-26-37-34(18-10-19-40(37)51(42)55)32-25-28-46-43(30-32)41-21-11-20-39-36-16-6-7-17-38(36)49-52(56(46)50(39)41)54-45-23-9-8-22-44(45)53-49/h1-30H. The first-order valence-electron chi connectivity index (χ1n) is 19.2. The van der Waals surface area contributed by atoms with Gasteiger partial charge in [-0.2, -0.15) is 0 Å². The van der Waals surface area contributed by atoms with Crippen molar-refractivity contribution in [2.45, 2.75) is 0 Å². The van der Waals surface area contributed by atoms with E-state index in [0.29, 0.717) is 0 Å². The average Bonchev–Trinajstić information content (AvgIpc) is 3.75. The van der Waals surface area contributed by atoms with Crippen LogP contribution in [0.1, 0.15) is 0 Å². The van der Waals surface area contributed by atoms with Gasteiger partial charge < -0.3 is 4.57 Å². The third-order valence-corrected chi connectivity index (χ3v) is 12.0. The third kappa shape index (κ3) is 3.92. The van der Waals surface area contributed by atoms with Gasteiger partial charge in [-0.25, -0.2) is 9.97 Å². The van der Waals surface area contributed by atoms with Gasteiger partial charge in [0.1, 0.15) is 5.69 Å². The molecule has 0 aliphatic carbocycles. The van der Waals surface area contributed by atoms with E-state index in [9.17, 15) is 0 Å². The molecule has 1 aliphatic rings. The maximum atomic E-state index is 5.34. The van der Waals surface area contributed by atoms with Crippen molar-refractivity contribution in [3.8, 4) is 45.0 Å². The number of fused-ring (bicyclic) bond motifs is 16. The molecule has 4 heterocycles. The summed E-state index contributed by atoms with van der Waals surface area (Å²) in [7, 11) is 0. The summed E-state index contributed by atoms with van der Waals surface area (Å²) >= 11 is 0. The molecule has 0 saturated heterocycles. The van der Waals surface area contributed by atoms with Crippen molar-refractivity contribution in [1.29, 1.82) is 0 Å². The predicted octanol–water partition coefficient (Wildman–Crippen LogP) is 13.4. The van der Waals surface area contributed by atoms with Crippen molar-refractivity contribution >= 4 is 76.2 Å².